The Morgan fingerprint density at radius 3 is 2.85 bits per heavy atom. The lowest BCUT2D eigenvalue weighted by Crippen LogP contribution is -2.30. The van der Waals surface area contributed by atoms with Gasteiger partial charge < -0.3 is 15.0 Å². The Bertz CT molecular complexity index is 585. The van der Waals surface area contributed by atoms with Gasteiger partial charge in [-0.2, -0.15) is 0 Å². The normalized spacial score (nSPS) is 12.4. The van der Waals surface area contributed by atoms with Crippen LogP contribution in [-0.2, 0) is 6.54 Å². The summed E-state index contributed by atoms with van der Waals surface area (Å²) in [6.45, 7) is 6.68. The third-order valence-corrected chi connectivity index (χ3v) is 4.13. The van der Waals surface area contributed by atoms with Crippen LogP contribution in [0, 0.1) is 13.8 Å². The molecule has 0 aliphatic heterocycles. The van der Waals surface area contributed by atoms with Crippen LogP contribution < -0.4 is 5.32 Å². The van der Waals surface area contributed by atoms with Gasteiger partial charge in [-0.25, -0.2) is 0 Å². The molecule has 0 bridgehead atoms. The van der Waals surface area contributed by atoms with Gasteiger partial charge in [-0.3, -0.25) is 4.79 Å². The summed E-state index contributed by atoms with van der Waals surface area (Å²) in [6.07, 6.45) is -0.534. The average molecular weight is 292 g/mol. The highest BCUT2D eigenvalue weighted by molar-refractivity contribution is 7.09. The number of amides is 1. The summed E-state index contributed by atoms with van der Waals surface area (Å²) in [5, 5.41) is 14.0. The number of rotatable bonds is 5. The molecule has 20 heavy (non-hydrogen) atoms. The maximum Gasteiger partial charge on any atom is 0.253 e. The Hall–Kier alpha value is -1.59. The number of aryl methyl sites for hydroxylation is 1. The second kappa shape index (κ2) is 6.24. The number of hydrogen-bond donors (Lipinski definition) is 2. The molecule has 1 amide bonds. The number of aromatic nitrogens is 1. The van der Waals surface area contributed by atoms with Crippen molar-refractivity contribution in [1.29, 1.82) is 0 Å². The van der Waals surface area contributed by atoms with Gasteiger partial charge in [0.2, 0.25) is 0 Å². The zero-order chi connectivity index (χ0) is 14.7. The molecule has 1 unspecified atom stereocenters. The molecular weight excluding hydrogens is 272 g/mol. The van der Waals surface area contributed by atoms with E-state index < -0.39 is 6.10 Å². The van der Waals surface area contributed by atoms with Crippen LogP contribution in [0.25, 0.3) is 0 Å². The minimum atomic E-state index is -0.534. The second-order valence-corrected chi connectivity index (χ2v) is 6.04. The molecule has 0 fully saturated rings. The number of carbonyl (C=O) groups is 1. The molecule has 0 aliphatic carbocycles. The standard InChI is InChI=1S/C15H20N2O2S/c1-10-7-14(15(19)16-8-11(2)18)12(3)17(10)9-13-5-4-6-20-13/h4-7,11,18H,8-9H2,1-3H3,(H,16,19). The summed E-state index contributed by atoms with van der Waals surface area (Å²) in [4.78, 5) is 13.4. The van der Waals surface area contributed by atoms with E-state index in [0.29, 0.717) is 5.56 Å². The van der Waals surface area contributed by atoms with Crippen LogP contribution >= 0.6 is 11.3 Å². The highest BCUT2D eigenvalue weighted by Crippen LogP contribution is 2.19. The maximum absolute atomic E-state index is 12.1. The molecule has 1 atom stereocenters. The Morgan fingerprint density at radius 2 is 2.25 bits per heavy atom. The molecule has 0 aliphatic rings. The minimum Gasteiger partial charge on any atom is -0.392 e. The lowest BCUT2D eigenvalue weighted by molar-refractivity contribution is 0.0923. The van der Waals surface area contributed by atoms with Crippen molar-refractivity contribution in [1.82, 2.24) is 9.88 Å². The number of nitrogens with one attached hydrogen (secondary N) is 1. The highest BCUT2D eigenvalue weighted by Gasteiger charge is 2.16. The topological polar surface area (TPSA) is 54.3 Å². The quantitative estimate of drug-likeness (QED) is 0.888. The molecule has 0 spiro atoms. The second-order valence-electron chi connectivity index (χ2n) is 5.01. The van der Waals surface area contributed by atoms with E-state index in [4.69, 9.17) is 0 Å². The van der Waals surface area contributed by atoms with E-state index in [0.717, 1.165) is 17.9 Å². The first kappa shape index (κ1) is 14.8. The number of aliphatic hydroxyl groups excluding tert-OH is 1. The summed E-state index contributed by atoms with van der Waals surface area (Å²) in [6, 6.07) is 6.03. The first-order valence-corrected chi connectivity index (χ1v) is 7.52. The van der Waals surface area contributed by atoms with Gasteiger partial charge in [0.05, 0.1) is 18.2 Å². The summed E-state index contributed by atoms with van der Waals surface area (Å²) in [7, 11) is 0. The molecule has 108 valence electrons. The Morgan fingerprint density at radius 1 is 1.50 bits per heavy atom. The van der Waals surface area contributed by atoms with E-state index in [1.807, 2.05) is 26.0 Å². The van der Waals surface area contributed by atoms with E-state index in [1.165, 1.54) is 4.88 Å². The zero-order valence-corrected chi connectivity index (χ0v) is 12.8. The fourth-order valence-electron chi connectivity index (χ4n) is 2.17. The van der Waals surface area contributed by atoms with Gasteiger partial charge in [0, 0.05) is 22.8 Å². The Balaban J connectivity index is 2.18. The number of thiophene rings is 1. The van der Waals surface area contributed by atoms with Gasteiger partial charge in [-0.05, 0) is 38.3 Å². The molecule has 2 aromatic heterocycles. The van der Waals surface area contributed by atoms with Crippen molar-refractivity contribution < 1.29 is 9.90 Å². The minimum absolute atomic E-state index is 0.128. The fraction of sp³-hybridized carbons (Fsp3) is 0.400. The Kier molecular flexibility index (Phi) is 4.62. The Labute approximate surface area is 123 Å². The fourth-order valence-corrected chi connectivity index (χ4v) is 2.86. The van der Waals surface area contributed by atoms with Crippen molar-refractivity contribution in [3.8, 4) is 0 Å². The maximum atomic E-state index is 12.1. The van der Waals surface area contributed by atoms with Gasteiger partial charge in [-0.15, -0.1) is 11.3 Å². The lowest BCUT2D eigenvalue weighted by atomic mass is 10.2. The summed E-state index contributed by atoms with van der Waals surface area (Å²) in [5.74, 6) is -0.128. The molecule has 5 heteroatoms. The third-order valence-electron chi connectivity index (χ3n) is 3.27. The predicted molar refractivity (Wildman–Crippen MR) is 81.3 cm³/mol. The van der Waals surface area contributed by atoms with E-state index in [1.54, 1.807) is 18.3 Å². The average Bonchev–Trinajstić information content (AvgIpc) is 2.99. The van der Waals surface area contributed by atoms with Gasteiger partial charge in [-0.1, -0.05) is 6.07 Å². The van der Waals surface area contributed by atoms with E-state index in [2.05, 4.69) is 21.3 Å². The first-order chi connectivity index (χ1) is 9.49. The summed E-state index contributed by atoms with van der Waals surface area (Å²) >= 11 is 1.71. The van der Waals surface area contributed by atoms with E-state index >= 15 is 0 Å². The molecule has 2 heterocycles. The van der Waals surface area contributed by atoms with Crippen molar-refractivity contribution in [3.05, 3.63) is 45.4 Å². The molecule has 2 rings (SSSR count). The van der Waals surface area contributed by atoms with Gasteiger partial charge in [0.15, 0.2) is 0 Å². The highest BCUT2D eigenvalue weighted by atomic mass is 32.1. The van der Waals surface area contributed by atoms with Crippen LogP contribution in [0.4, 0.5) is 0 Å². The van der Waals surface area contributed by atoms with Crippen LogP contribution in [0.5, 0.6) is 0 Å². The molecule has 0 radical (unpaired) electrons. The van der Waals surface area contributed by atoms with Crippen LogP contribution in [0.15, 0.2) is 23.6 Å². The van der Waals surface area contributed by atoms with E-state index in [9.17, 15) is 9.90 Å². The number of hydrogen-bond acceptors (Lipinski definition) is 3. The first-order valence-electron chi connectivity index (χ1n) is 6.64. The molecule has 0 saturated heterocycles. The zero-order valence-electron chi connectivity index (χ0n) is 12.0. The smallest absolute Gasteiger partial charge is 0.253 e. The number of carbonyl (C=O) groups excluding carboxylic acids is 1. The van der Waals surface area contributed by atoms with Crippen molar-refractivity contribution in [2.45, 2.75) is 33.4 Å². The summed E-state index contributed by atoms with van der Waals surface area (Å²) < 4.78 is 2.14. The molecular formula is C15H20N2O2S. The molecule has 4 nitrogen and oxygen atoms in total. The molecule has 2 aromatic rings. The van der Waals surface area contributed by atoms with Crippen LogP contribution in [0.3, 0.4) is 0 Å². The summed E-state index contributed by atoms with van der Waals surface area (Å²) in [5.41, 5.74) is 2.71. The molecule has 2 N–H and O–H groups in total. The van der Waals surface area contributed by atoms with Gasteiger partial charge in [0.25, 0.3) is 5.91 Å². The molecule has 0 saturated carbocycles. The van der Waals surface area contributed by atoms with Crippen molar-refractivity contribution in [2.24, 2.45) is 0 Å². The van der Waals surface area contributed by atoms with Crippen LogP contribution in [0.1, 0.15) is 33.5 Å². The monoisotopic (exact) mass is 292 g/mol. The number of nitrogens with zero attached hydrogens (tertiary/aromatic N) is 1. The number of aliphatic hydroxyl groups is 1. The lowest BCUT2D eigenvalue weighted by Gasteiger charge is -2.09. The third kappa shape index (κ3) is 3.29. The van der Waals surface area contributed by atoms with Gasteiger partial charge >= 0.3 is 0 Å². The SMILES string of the molecule is Cc1cc(C(=O)NCC(C)O)c(C)n1Cc1cccs1. The van der Waals surface area contributed by atoms with Gasteiger partial charge in [0.1, 0.15) is 0 Å². The predicted octanol–water partition coefficient (Wildman–Crippen LogP) is 2.33. The largest absolute Gasteiger partial charge is 0.392 e. The van der Waals surface area contributed by atoms with Crippen molar-refractivity contribution in [3.63, 3.8) is 0 Å². The van der Waals surface area contributed by atoms with Crippen molar-refractivity contribution >= 4 is 17.2 Å². The van der Waals surface area contributed by atoms with E-state index in [-0.39, 0.29) is 12.5 Å². The van der Waals surface area contributed by atoms with Crippen LogP contribution in [0.2, 0.25) is 0 Å². The van der Waals surface area contributed by atoms with Crippen molar-refractivity contribution in [2.75, 3.05) is 6.54 Å². The molecule has 0 aromatic carbocycles. The van der Waals surface area contributed by atoms with Crippen LogP contribution in [-0.4, -0.2) is 28.2 Å².